The lowest BCUT2D eigenvalue weighted by atomic mass is 10.1. The number of benzene rings is 3. The normalized spacial score (nSPS) is 10.5. The number of carbonyl (C=O) groups is 2. The molecule has 0 aliphatic rings. The summed E-state index contributed by atoms with van der Waals surface area (Å²) in [4.78, 5) is 29.2. The number of amides is 1. The van der Waals surface area contributed by atoms with Gasteiger partial charge in [0, 0.05) is 16.6 Å². The highest BCUT2D eigenvalue weighted by Crippen LogP contribution is 2.33. The van der Waals surface area contributed by atoms with Gasteiger partial charge >= 0.3 is 5.97 Å². The minimum Gasteiger partial charge on any atom is -0.422 e. The van der Waals surface area contributed by atoms with Crippen LogP contribution in [0.4, 0.5) is 5.69 Å². The largest absolute Gasteiger partial charge is 0.422 e. The van der Waals surface area contributed by atoms with Crippen molar-refractivity contribution in [3.63, 3.8) is 0 Å². The molecule has 3 aromatic carbocycles. The van der Waals surface area contributed by atoms with E-state index in [1.165, 1.54) is 0 Å². The van der Waals surface area contributed by atoms with Gasteiger partial charge in [0.1, 0.15) is 11.4 Å². The Morgan fingerprint density at radius 2 is 1.62 bits per heavy atom. The molecule has 0 saturated carbocycles. The highest BCUT2D eigenvalue weighted by Gasteiger charge is 2.15. The van der Waals surface area contributed by atoms with E-state index >= 15 is 0 Å². The summed E-state index contributed by atoms with van der Waals surface area (Å²) < 4.78 is 5.63. The Morgan fingerprint density at radius 3 is 2.34 bits per heavy atom. The monoisotopic (exact) mass is 402 g/mol. The summed E-state index contributed by atoms with van der Waals surface area (Å²) in [7, 11) is 0. The van der Waals surface area contributed by atoms with Crippen molar-refractivity contribution < 1.29 is 14.3 Å². The second kappa shape index (κ2) is 8.12. The maximum absolute atomic E-state index is 12.6. The van der Waals surface area contributed by atoms with Crippen molar-refractivity contribution in [1.29, 1.82) is 0 Å². The third kappa shape index (κ3) is 4.10. The van der Waals surface area contributed by atoms with Crippen LogP contribution < -0.4 is 10.1 Å². The number of fused-ring (bicyclic) bond motifs is 1. The maximum Gasteiger partial charge on any atom is 0.343 e. The van der Waals surface area contributed by atoms with Gasteiger partial charge in [-0.05, 0) is 53.9 Å². The van der Waals surface area contributed by atoms with Gasteiger partial charge in [0.05, 0.1) is 11.3 Å². The molecule has 1 N–H and O–H groups in total. The molecule has 0 spiro atoms. The number of esters is 1. The van der Waals surface area contributed by atoms with E-state index in [1.807, 2.05) is 18.2 Å². The second-order valence-corrected chi connectivity index (χ2v) is 6.66. The van der Waals surface area contributed by atoms with Gasteiger partial charge < -0.3 is 10.1 Å². The lowest BCUT2D eigenvalue weighted by Crippen LogP contribution is -2.14. The minimum absolute atomic E-state index is 0.292. The predicted octanol–water partition coefficient (Wildman–Crippen LogP) is 5.36. The Bertz CT molecular complexity index is 1190. The number of carbonyl (C=O) groups excluding carboxylic acids is 2. The van der Waals surface area contributed by atoms with Crippen molar-refractivity contribution in [1.82, 2.24) is 4.98 Å². The van der Waals surface area contributed by atoms with E-state index in [0.29, 0.717) is 33.1 Å². The fourth-order valence-electron chi connectivity index (χ4n) is 2.92. The first-order valence-electron chi connectivity index (χ1n) is 8.84. The summed E-state index contributed by atoms with van der Waals surface area (Å²) in [6.45, 7) is 0. The molecule has 29 heavy (non-hydrogen) atoms. The molecule has 5 nitrogen and oxygen atoms in total. The van der Waals surface area contributed by atoms with Gasteiger partial charge in [-0.3, -0.25) is 9.78 Å². The maximum atomic E-state index is 12.6. The highest BCUT2D eigenvalue weighted by molar-refractivity contribution is 6.30. The molecule has 0 fully saturated rings. The predicted molar refractivity (Wildman–Crippen MR) is 113 cm³/mol. The first kappa shape index (κ1) is 18.7. The number of hydrogen-bond donors (Lipinski definition) is 1. The zero-order valence-electron chi connectivity index (χ0n) is 15.1. The van der Waals surface area contributed by atoms with Crippen LogP contribution in [0.25, 0.3) is 10.8 Å². The van der Waals surface area contributed by atoms with Crippen LogP contribution >= 0.6 is 11.6 Å². The molecule has 4 aromatic rings. The topological polar surface area (TPSA) is 68.3 Å². The fraction of sp³-hybridized carbons (Fsp3) is 0. The quantitative estimate of drug-likeness (QED) is 0.368. The van der Waals surface area contributed by atoms with Crippen LogP contribution in [0.2, 0.25) is 5.02 Å². The van der Waals surface area contributed by atoms with Gasteiger partial charge in [0.25, 0.3) is 5.91 Å². The number of ether oxygens (including phenoxy) is 1. The third-order valence-electron chi connectivity index (χ3n) is 4.29. The number of nitrogens with zero attached hydrogens (tertiary/aromatic N) is 1. The Kier molecular flexibility index (Phi) is 5.22. The van der Waals surface area contributed by atoms with Crippen LogP contribution in [0.1, 0.15) is 20.8 Å². The van der Waals surface area contributed by atoms with E-state index < -0.39 is 5.97 Å². The highest BCUT2D eigenvalue weighted by atomic mass is 35.5. The van der Waals surface area contributed by atoms with Crippen molar-refractivity contribution >= 4 is 39.9 Å². The zero-order chi connectivity index (χ0) is 20.2. The molecule has 0 aliphatic carbocycles. The number of pyridine rings is 1. The van der Waals surface area contributed by atoms with Crippen LogP contribution in [0, 0.1) is 0 Å². The third-order valence-corrected chi connectivity index (χ3v) is 4.55. The summed E-state index contributed by atoms with van der Waals surface area (Å²) in [5.74, 6) is -0.517. The Hall–Kier alpha value is -3.70. The second-order valence-electron chi connectivity index (χ2n) is 6.23. The number of halogens is 1. The molecular weight excluding hydrogens is 388 g/mol. The van der Waals surface area contributed by atoms with Gasteiger partial charge in [-0.2, -0.15) is 0 Å². The summed E-state index contributed by atoms with van der Waals surface area (Å²) >= 11 is 5.88. The summed E-state index contributed by atoms with van der Waals surface area (Å²) in [5.41, 5.74) is 1.19. The molecule has 0 aliphatic heterocycles. The summed E-state index contributed by atoms with van der Waals surface area (Å²) in [6.07, 6.45) is 1.55. The van der Waals surface area contributed by atoms with Crippen molar-refractivity contribution in [3.05, 3.63) is 101 Å². The Labute approximate surface area is 171 Å². The van der Waals surface area contributed by atoms with Crippen LogP contribution in [-0.2, 0) is 0 Å². The van der Waals surface area contributed by atoms with Gasteiger partial charge in [-0.25, -0.2) is 4.79 Å². The molecule has 0 atom stereocenters. The van der Waals surface area contributed by atoms with Crippen LogP contribution in [-0.4, -0.2) is 16.9 Å². The smallest absolute Gasteiger partial charge is 0.343 e. The first-order chi connectivity index (χ1) is 14.1. The standard InChI is InChI=1S/C23H15ClN2O3/c24-17-12-10-16(11-13-17)23(28)29-20-9-4-6-15-5-3-8-18(21(15)20)26-22(27)19-7-1-2-14-25-19/h1-14H,(H,26,27). The number of anilines is 1. The molecule has 142 valence electrons. The molecule has 0 saturated heterocycles. The van der Waals surface area contributed by atoms with E-state index in [0.717, 1.165) is 5.39 Å². The van der Waals surface area contributed by atoms with Gasteiger partial charge in [0.15, 0.2) is 0 Å². The van der Waals surface area contributed by atoms with E-state index in [2.05, 4.69) is 10.3 Å². The van der Waals surface area contributed by atoms with E-state index in [9.17, 15) is 9.59 Å². The lowest BCUT2D eigenvalue weighted by molar-refractivity contribution is 0.0737. The van der Waals surface area contributed by atoms with Crippen LogP contribution in [0.15, 0.2) is 85.1 Å². The number of rotatable bonds is 4. The van der Waals surface area contributed by atoms with E-state index in [4.69, 9.17) is 16.3 Å². The van der Waals surface area contributed by atoms with Gasteiger partial charge in [0.2, 0.25) is 0 Å². The van der Waals surface area contributed by atoms with Gasteiger partial charge in [-0.15, -0.1) is 0 Å². The Balaban J connectivity index is 1.69. The molecule has 0 radical (unpaired) electrons. The fourth-order valence-corrected chi connectivity index (χ4v) is 3.05. The molecule has 1 heterocycles. The van der Waals surface area contributed by atoms with Crippen molar-refractivity contribution in [2.75, 3.05) is 5.32 Å². The molecule has 4 rings (SSSR count). The minimum atomic E-state index is -0.514. The molecule has 1 amide bonds. The average molecular weight is 403 g/mol. The lowest BCUT2D eigenvalue weighted by Gasteiger charge is -2.13. The van der Waals surface area contributed by atoms with E-state index in [-0.39, 0.29) is 5.91 Å². The molecular formula is C23H15ClN2O3. The van der Waals surface area contributed by atoms with Crippen LogP contribution in [0.5, 0.6) is 5.75 Å². The van der Waals surface area contributed by atoms with Crippen LogP contribution in [0.3, 0.4) is 0 Å². The van der Waals surface area contributed by atoms with Gasteiger partial charge in [-0.1, -0.05) is 41.9 Å². The van der Waals surface area contributed by atoms with Crippen molar-refractivity contribution in [2.45, 2.75) is 0 Å². The summed E-state index contributed by atoms with van der Waals surface area (Å²) in [5, 5.41) is 4.84. The number of hydrogen-bond acceptors (Lipinski definition) is 4. The average Bonchev–Trinajstić information content (AvgIpc) is 2.75. The molecule has 1 aromatic heterocycles. The number of aromatic nitrogens is 1. The van der Waals surface area contributed by atoms with Crippen molar-refractivity contribution in [2.24, 2.45) is 0 Å². The number of nitrogens with one attached hydrogen (secondary N) is 1. The first-order valence-corrected chi connectivity index (χ1v) is 9.21. The molecule has 6 heteroatoms. The zero-order valence-corrected chi connectivity index (χ0v) is 15.9. The molecule has 0 unspecified atom stereocenters. The summed E-state index contributed by atoms with van der Waals surface area (Å²) in [6, 6.07) is 22.4. The molecule has 0 bridgehead atoms. The van der Waals surface area contributed by atoms with Crippen molar-refractivity contribution in [3.8, 4) is 5.75 Å². The Morgan fingerprint density at radius 1 is 0.862 bits per heavy atom. The SMILES string of the molecule is O=C(Oc1cccc2cccc(NC(=O)c3ccccn3)c12)c1ccc(Cl)cc1. The van der Waals surface area contributed by atoms with E-state index in [1.54, 1.807) is 66.9 Å².